The summed E-state index contributed by atoms with van der Waals surface area (Å²) in [5.74, 6) is 0. The molecule has 25 heavy (non-hydrogen) atoms. The lowest BCUT2D eigenvalue weighted by Crippen LogP contribution is -2.55. The Balaban J connectivity index is 5.39. The molecule has 0 aromatic carbocycles. The van der Waals surface area contributed by atoms with E-state index in [0.29, 0.717) is 0 Å². The molecule has 0 aliphatic carbocycles. The number of hydrogen-bond acceptors (Lipinski definition) is 4. The average Bonchev–Trinajstić information content (AvgIpc) is 2.47. The summed E-state index contributed by atoms with van der Waals surface area (Å²) in [7, 11) is -3.20. The third-order valence-electron chi connectivity index (χ3n) is 4.16. The van der Waals surface area contributed by atoms with E-state index < -0.39 is 9.05 Å². The quantitative estimate of drug-likeness (QED) is 0.299. The van der Waals surface area contributed by atoms with Crippen LogP contribution in [0.2, 0.25) is 0 Å². The minimum absolute atomic E-state index is 0.0770. The van der Waals surface area contributed by atoms with Gasteiger partial charge < -0.3 is 17.7 Å². The lowest BCUT2D eigenvalue weighted by Gasteiger charge is -2.36. The summed E-state index contributed by atoms with van der Waals surface area (Å²) in [6.07, 6.45) is 8.54. The van der Waals surface area contributed by atoms with Crippen molar-refractivity contribution in [1.29, 1.82) is 0 Å². The molecule has 4 nitrogen and oxygen atoms in total. The van der Waals surface area contributed by atoms with Gasteiger partial charge >= 0.3 is 9.05 Å². The van der Waals surface area contributed by atoms with E-state index in [9.17, 15) is 0 Å². The van der Waals surface area contributed by atoms with Crippen molar-refractivity contribution in [2.24, 2.45) is 0 Å². The second-order valence-corrected chi connectivity index (χ2v) is 9.31. The molecule has 0 aliphatic heterocycles. The van der Waals surface area contributed by atoms with E-state index in [4.69, 9.17) is 17.7 Å². The molecule has 0 aliphatic rings. The largest absolute Gasteiger partial charge is 0.680 e. The van der Waals surface area contributed by atoms with Crippen LogP contribution in [0.15, 0.2) is 0 Å². The Morgan fingerprint density at radius 1 is 0.480 bits per heavy atom. The molecule has 4 atom stereocenters. The van der Waals surface area contributed by atoms with Gasteiger partial charge in [0, 0.05) is 24.4 Å². The van der Waals surface area contributed by atoms with Gasteiger partial charge in [-0.2, -0.15) is 0 Å². The third kappa shape index (κ3) is 11.4. The van der Waals surface area contributed by atoms with Gasteiger partial charge in [-0.15, -0.1) is 0 Å². The molecule has 0 amide bonds. The van der Waals surface area contributed by atoms with Gasteiger partial charge in [0.15, 0.2) is 0 Å². The first-order valence-electron chi connectivity index (χ1n) is 10.5. The minimum atomic E-state index is -3.20. The van der Waals surface area contributed by atoms with Crippen LogP contribution < -0.4 is 0 Å². The van der Waals surface area contributed by atoms with Crippen molar-refractivity contribution in [3.8, 4) is 0 Å². The maximum absolute atomic E-state index is 6.40. The highest BCUT2D eigenvalue weighted by molar-refractivity contribution is 6.53. The standard InChI is InChI=1S/C20H44O4Si/c1-9-13-17(5)21-25(22-18(6)14-10-2,23-19(7)15-11-3)24-20(8)16-12-4/h17-20H,9-16H2,1-8H3. The fourth-order valence-corrected chi connectivity index (χ4v) is 5.79. The first-order chi connectivity index (χ1) is 11.8. The van der Waals surface area contributed by atoms with Crippen LogP contribution in [0.25, 0.3) is 0 Å². The van der Waals surface area contributed by atoms with E-state index in [2.05, 4.69) is 55.4 Å². The highest BCUT2D eigenvalue weighted by Crippen LogP contribution is 2.25. The number of rotatable bonds is 16. The second kappa shape index (κ2) is 14.2. The van der Waals surface area contributed by atoms with Crippen molar-refractivity contribution >= 4 is 9.05 Å². The van der Waals surface area contributed by atoms with Crippen LogP contribution in [-0.4, -0.2) is 33.5 Å². The van der Waals surface area contributed by atoms with Crippen molar-refractivity contribution < 1.29 is 17.7 Å². The van der Waals surface area contributed by atoms with Crippen LogP contribution in [0.4, 0.5) is 0 Å². The Morgan fingerprint density at radius 3 is 0.840 bits per heavy atom. The van der Waals surface area contributed by atoms with Crippen molar-refractivity contribution in [1.82, 2.24) is 0 Å². The van der Waals surface area contributed by atoms with Gasteiger partial charge in [-0.1, -0.05) is 53.4 Å². The zero-order chi connectivity index (χ0) is 19.3. The van der Waals surface area contributed by atoms with Crippen LogP contribution in [-0.2, 0) is 17.7 Å². The highest BCUT2D eigenvalue weighted by atomic mass is 28.4. The van der Waals surface area contributed by atoms with Crippen LogP contribution in [0, 0.1) is 0 Å². The first kappa shape index (κ1) is 25.1. The molecule has 0 radical (unpaired) electrons. The fraction of sp³-hybridized carbons (Fsp3) is 1.00. The van der Waals surface area contributed by atoms with Gasteiger partial charge in [0.25, 0.3) is 0 Å². The normalized spacial score (nSPS) is 19.2. The Kier molecular flexibility index (Phi) is 14.2. The molecule has 0 N–H and O–H groups in total. The van der Waals surface area contributed by atoms with Crippen molar-refractivity contribution in [2.45, 2.75) is 131 Å². The number of hydrogen-bond donors (Lipinski definition) is 0. The Morgan fingerprint density at radius 2 is 0.680 bits per heavy atom. The van der Waals surface area contributed by atoms with E-state index in [-0.39, 0.29) is 24.4 Å². The highest BCUT2D eigenvalue weighted by Gasteiger charge is 2.50. The maximum atomic E-state index is 6.40. The lowest BCUT2D eigenvalue weighted by atomic mass is 10.2. The van der Waals surface area contributed by atoms with Gasteiger partial charge in [-0.3, -0.25) is 0 Å². The molecule has 5 heteroatoms. The second-order valence-electron chi connectivity index (χ2n) is 7.37. The van der Waals surface area contributed by atoms with Crippen molar-refractivity contribution in [3.05, 3.63) is 0 Å². The molecule has 152 valence electrons. The van der Waals surface area contributed by atoms with Gasteiger partial charge in [0.05, 0.1) is 0 Å². The summed E-state index contributed by atoms with van der Waals surface area (Å²) >= 11 is 0. The zero-order valence-electron chi connectivity index (χ0n) is 18.1. The first-order valence-corrected chi connectivity index (χ1v) is 12.2. The van der Waals surface area contributed by atoms with Gasteiger partial charge in [0.1, 0.15) is 0 Å². The Labute approximate surface area is 158 Å². The van der Waals surface area contributed by atoms with E-state index in [1.807, 2.05) is 0 Å². The third-order valence-corrected chi connectivity index (χ3v) is 6.93. The van der Waals surface area contributed by atoms with Gasteiger partial charge in [0.2, 0.25) is 0 Å². The molecule has 0 bridgehead atoms. The van der Waals surface area contributed by atoms with Gasteiger partial charge in [-0.05, 0) is 53.4 Å². The molecule has 0 fully saturated rings. The van der Waals surface area contributed by atoms with Crippen LogP contribution in [0.5, 0.6) is 0 Å². The average molecular weight is 377 g/mol. The molecule has 4 unspecified atom stereocenters. The molecule has 0 spiro atoms. The minimum Gasteiger partial charge on any atom is -0.348 e. The zero-order valence-corrected chi connectivity index (χ0v) is 19.1. The van der Waals surface area contributed by atoms with E-state index in [1.54, 1.807) is 0 Å². The topological polar surface area (TPSA) is 36.9 Å². The summed E-state index contributed by atoms with van der Waals surface area (Å²) in [4.78, 5) is 0. The van der Waals surface area contributed by atoms with E-state index in [0.717, 1.165) is 51.4 Å². The molecule has 0 aromatic heterocycles. The molecule has 0 aromatic rings. The molecular weight excluding hydrogens is 332 g/mol. The lowest BCUT2D eigenvalue weighted by molar-refractivity contribution is -0.0997. The molecule has 0 saturated heterocycles. The molecular formula is C20H44O4Si. The monoisotopic (exact) mass is 376 g/mol. The predicted octanol–water partition coefficient (Wildman–Crippen LogP) is 6.24. The van der Waals surface area contributed by atoms with Crippen molar-refractivity contribution in [2.75, 3.05) is 0 Å². The molecule has 0 saturated carbocycles. The summed E-state index contributed by atoms with van der Waals surface area (Å²) < 4.78 is 25.6. The SMILES string of the molecule is CCCC(C)O[Si](OC(C)CCC)(OC(C)CCC)OC(C)CCC. The smallest absolute Gasteiger partial charge is 0.348 e. The Bertz CT molecular complexity index is 253. The maximum Gasteiger partial charge on any atom is 0.680 e. The predicted molar refractivity (Wildman–Crippen MR) is 108 cm³/mol. The van der Waals surface area contributed by atoms with Crippen molar-refractivity contribution in [3.63, 3.8) is 0 Å². The van der Waals surface area contributed by atoms with E-state index in [1.165, 1.54) is 0 Å². The molecule has 0 rings (SSSR count). The fourth-order valence-electron chi connectivity index (χ4n) is 3.01. The summed E-state index contributed by atoms with van der Waals surface area (Å²) in [5.41, 5.74) is 0. The summed E-state index contributed by atoms with van der Waals surface area (Å²) in [6.45, 7) is 17.1. The Hall–Kier alpha value is 0.0569. The van der Waals surface area contributed by atoms with E-state index >= 15 is 0 Å². The molecule has 0 heterocycles. The van der Waals surface area contributed by atoms with Gasteiger partial charge in [-0.25, -0.2) is 0 Å². The summed E-state index contributed by atoms with van der Waals surface area (Å²) in [6, 6.07) is 0. The van der Waals surface area contributed by atoms with Crippen LogP contribution in [0.3, 0.4) is 0 Å². The van der Waals surface area contributed by atoms with Crippen LogP contribution >= 0.6 is 0 Å². The van der Waals surface area contributed by atoms with Crippen LogP contribution in [0.1, 0.15) is 107 Å². The summed E-state index contributed by atoms with van der Waals surface area (Å²) in [5, 5.41) is 0.